The summed E-state index contributed by atoms with van der Waals surface area (Å²) in [6.45, 7) is 2.77. The molecule has 1 aliphatic carbocycles. The summed E-state index contributed by atoms with van der Waals surface area (Å²) in [6, 6.07) is 5.50. The van der Waals surface area contributed by atoms with Crippen molar-refractivity contribution < 1.29 is 14.3 Å². The van der Waals surface area contributed by atoms with Crippen molar-refractivity contribution in [3.05, 3.63) is 45.0 Å². The second-order valence-corrected chi connectivity index (χ2v) is 6.35. The lowest BCUT2D eigenvalue weighted by Crippen LogP contribution is -2.16. The van der Waals surface area contributed by atoms with Gasteiger partial charge in [0.2, 0.25) is 5.76 Å². The first kappa shape index (κ1) is 13.4. The molecule has 0 aromatic carbocycles. The molecular weight excluding hydrogens is 274 g/mol. The Labute approximate surface area is 121 Å². The number of carboxylic acids is 1. The first-order valence-electron chi connectivity index (χ1n) is 6.80. The molecule has 1 atom stereocenters. The molecular formula is C15H17NO3S. The third-order valence-electron chi connectivity index (χ3n) is 3.64. The summed E-state index contributed by atoms with van der Waals surface area (Å²) in [5.41, 5.74) is 1.51. The number of hydrogen-bond donors (Lipinski definition) is 2. The minimum absolute atomic E-state index is 0.0000376. The Bertz CT molecular complexity index is 607. The van der Waals surface area contributed by atoms with E-state index in [9.17, 15) is 4.79 Å². The molecule has 0 fully saturated rings. The van der Waals surface area contributed by atoms with Gasteiger partial charge < -0.3 is 14.8 Å². The number of fused-ring (bicyclic) bond motifs is 1. The van der Waals surface area contributed by atoms with Gasteiger partial charge in [-0.15, -0.1) is 11.3 Å². The monoisotopic (exact) mass is 291 g/mol. The Balaban J connectivity index is 1.60. The highest BCUT2D eigenvalue weighted by Crippen LogP contribution is 2.30. The van der Waals surface area contributed by atoms with Gasteiger partial charge in [0, 0.05) is 16.3 Å². The third kappa shape index (κ3) is 2.64. The molecule has 0 bridgehead atoms. The number of furan rings is 1. The molecule has 2 aromatic heterocycles. The highest BCUT2D eigenvalue weighted by molar-refractivity contribution is 7.12. The lowest BCUT2D eigenvalue weighted by atomic mass is 10.2. The van der Waals surface area contributed by atoms with E-state index < -0.39 is 5.97 Å². The Morgan fingerprint density at radius 1 is 1.50 bits per heavy atom. The van der Waals surface area contributed by atoms with Gasteiger partial charge in [0.05, 0.1) is 6.04 Å². The van der Waals surface area contributed by atoms with Crippen molar-refractivity contribution in [3.8, 4) is 0 Å². The summed E-state index contributed by atoms with van der Waals surface area (Å²) in [4.78, 5) is 13.7. The van der Waals surface area contributed by atoms with Gasteiger partial charge in [-0.1, -0.05) is 0 Å². The summed E-state index contributed by atoms with van der Waals surface area (Å²) in [7, 11) is 0. The molecule has 1 unspecified atom stereocenters. The fourth-order valence-electron chi connectivity index (χ4n) is 2.53. The molecule has 106 valence electrons. The smallest absolute Gasteiger partial charge is 0.371 e. The number of nitrogens with one attached hydrogen (secondary N) is 1. The van der Waals surface area contributed by atoms with Crippen LogP contribution in [0.25, 0.3) is 0 Å². The lowest BCUT2D eigenvalue weighted by Gasteiger charge is -2.10. The van der Waals surface area contributed by atoms with Gasteiger partial charge in [-0.3, -0.25) is 0 Å². The van der Waals surface area contributed by atoms with E-state index in [2.05, 4.69) is 11.4 Å². The minimum atomic E-state index is -1.03. The maximum atomic E-state index is 10.8. The molecule has 0 amide bonds. The van der Waals surface area contributed by atoms with E-state index in [1.54, 1.807) is 6.07 Å². The number of thiophene rings is 1. The number of aryl methyl sites for hydroxylation is 2. The van der Waals surface area contributed by atoms with Crippen LogP contribution < -0.4 is 5.32 Å². The van der Waals surface area contributed by atoms with Gasteiger partial charge in [0.1, 0.15) is 5.76 Å². The van der Waals surface area contributed by atoms with Crippen LogP contribution >= 0.6 is 11.3 Å². The topological polar surface area (TPSA) is 62.5 Å². The van der Waals surface area contributed by atoms with Crippen molar-refractivity contribution >= 4 is 17.3 Å². The van der Waals surface area contributed by atoms with Gasteiger partial charge >= 0.3 is 5.97 Å². The van der Waals surface area contributed by atoms with Gasteiger partial charge in [-0.25, -0.2) is 4.79 Å². The first-order valence-corrected chi connectivity index (χ1v) is 7.62. The molecule has 5 heteroatoms. The molecule has 0 radical (unpaired) electrons. The van der Waals surface area contributed by atoms with Crippen LogP contribution in [0.5, 0.6) is 0 Å². The van der Waals surface area contributed by atoms with Crippen LogP contribution in [-0.2, 0) is 19.4 Å². The second kappa shape index (κ2) is 5.42. The Morgan fingerprint density at radius 3 is 3.05 bits per heavy atom. The summed E-state index contributed by atoms with van der Waals surface area (Å²) < 4.78 is 5.30. The van der Waals surface area contributed by atoms with Crippen molar-refractivity contribution in [1.29, 1.82) is 0 Å². The van der Waals surface area contributed by atoms with Crippen molar-refractivity contribution in [3.63, 3.8) is 0 Å². The summed E-state index contributed by atoms with van der Waals surface area (Å²) >= 11 is 1.88. The van der Waals surface area contributed by atoms with E-state index in [4.69, 9.17) is 9.52 Å². The fraction of sp³-hybridized carbons (Fsp3) is 0.400. The van der Waals surface area contributed by atoms with E-state index in [0.29, 0.717) is 5.76 Å². The molecule has 2 aromatic rings. The SMILES string of the molecule is CC(NCc1cc2c(s1)CCC2)c1ccc(C(=O)O)o1. The maximum absolute atomic E-state index is 10.8. The molecule has 0 saturated heterocycles. The van der Waals surface area contributed by atoms with Crippen molar-refractivity contribution in [1.82, 2.24) is 5.32 Å². The van der Waals surface area contributed by atoms with E-state index in [1.165, 1.54) is 40.6 Å². The second-order valence-electron chi connectivity index (χ2n) is 5.12. The Morgan fingerprint density at radius 2 is 2.35 bits per heavy atom. The molecule has 1 aliphatic rings. The number of carbonyl (C=O) groups is 1. The Kier molecular flexibility index (Phi) is 3.63. The van der Waals surface area contributed by atoms with Gasteiger partial charge in [0.15, 0.2) is 0 Å². The first-order chi connectivity index (χ1) is 9.63. The van der Waals surface area contributed by atoms with Crippen molar-refractivity contribution in [2.24, 2.45) is 0 Å². The average Bonchev–Trinajstić information content (AvgIpc) is 3.10. The van der Waals surface area contributed by atoms with Crippen LogP contribution in [-0.4, -0.2) is 11.1 Å². The van der Waals surface area contributed by atoms with Crippen LogP contribution in [0.3, 0.4) is 0 Å². The minimum Gasteiger partial charge on any atom is -0.475 e. The predicted octanol–water partition coefficient (Wildman–Crippen LogP) is 3.38. The molecule has 0 aliphatic heterocycles. The van der Waals surface area contributed by atoms with Crippen molar-refractivity contribution in [2.75, 3.05) is 0 Å². The highest BCUT2D eigenvalue weighted by Gasteiger charge is 2.17. The summed E-state index contributed by atoms with van der Waals surface area (Å²) in [5.74, 6) is -0.381. The molecule has 0 spiro atoms. The van der Waals surface area contributed by atoms with Crippen LogP contribution in [0.4, 0.5) is 0 Å². The third-order valence-corrected chi connectivity index (χ3v) is 4.88. The number of hydrogen-bond acceptors (Lipinski definition) is 4. The van der Waals surface area contributed by atoms with E-state index in [1.807, 2.05) is 18.3 Å². The zero-order chi connectivity index (χ0) is 14.1. The fourth-order valence-corrected chi connectivity index (χ4v) is 3.74. The van der Waals surface area contributed by atoms with Crippen LogP contribution in [0.15, 0.2) is 22.6 Å². The van der Waals surface area contributed by atoms with E-state index in [0.717, 1.165) is 6.54 Å². The molecule has 2 N–H and O–H groups in total. The molecule has 20 heavy (non-hydrogen) atoms. The number of rotatable bonds is 5. The summed E-state index contributed by atoms with van der Waals surface area (Å²) in [6.07, 6.45) is 3.72. The zero-order valence-electron chi connectivity index (χ0n) is 11.3. The largest absolute Gasteiger partial charge is 0.475 e. The predicted molar refractivity (Wildman–Crippen MR) is 77.3 cm³/mol. The van der Waals surface area contributed by atoms with E-state index >= 15 is 0 Å². The quantitative estimate of drug-likeness (QED) is 0.886. The van der Waals surface area contributed by atoms with Gasteiger partial charge in [-0.05, 0) is 49.9 Å². The molecule has 0 saturated carbocycles. The molecule has 3 rings (SSSR count). The average molecular weight is 291 g/mol. The summed E-state index contributed by atoms with van der Waals surface area (Å²) in [5, 5.41) is 12.2. The highest BCUT2D eigenvalue weighted by atomic mass is 32.1. The Hall–Kier alpha value is -1.59. The van der Waals surface area contributed by atoms with Crippen LogP contribution in [0.2, 0.25) is 0 Å². The van der Waals surface area contributed by atoms with Crippen LogP contribution in [0, 0.1) is 0 Å². The maximum Gasteiger partial charge on any atom is 0.371 e. The normalized spacial score (nSPS) is 15.2. The standard InChI is InChI=1S/C15H17NO3S/c1-9(12-5-6-13(19-12)15(17)18)16-8-11-7-10-3-2-4-14(10)20-11/h5-7,9,16H,2-4,8H2,1H3,(H,17,18). The molecule has 4 nitrogen and oxygen atoms in total. The lowest BCUT2D eigenvalue weighted by molar-refractivity contribution is 0.0659. The zero-order valence-corrected chi connectivity index (χ0v) is 12.1. The van der Waals surface area contributed by atoms with Crippen LogP contribution in [0.1, 0.15) is 51.0 Å². The van der Waals surface area contributed by atoms with Gasteiger partial charge in [-0.2, -0.15) is 0 Å². The van der Waals surface area contributed by atoms with E-state index in [-0.39, 0.29) is 11.8 Å². The van der Waals surface area contributed by atoms with Crippen molar-refractivity contribution in [2.45, 2.75) is 38.8 Å². The molecule has 2 heterocycles. The number of aromatic carboxylic acids is 1. The van der Waals surface area contributed by atoms with Gasteiger partial charge in [0.25, 0.3) is 0 Å². The number of carboxylic acid groups (broad SMARTS) is 1.